The lowest BCUT2D eigenvalue weighted by molar-refractivity contribution is -0.140. The van der Waals surface area contributed by atoms with Crippen LogP contribution in [0.25, 0.3) is 0 Å². The van der Waals surface area contributed by atoms with Crippen molar-refractivity contribution < 1.29 is 14.3 Å². The molecule has 0 spiro atoms. The van der Waals surface area contributed by atoms with Crippen molar-refractivity contribution in [2.45, 2.75) is 25.8 Å². The highest BCUT2D eigenvalue weighted by Crippen LogP contribution is 2.10. The molecule has 0 amide bonds. The fourth-order valence-corrected chi connectivity index (χ4v) is 0.829. The maximum absolute atomic E-state index is 13.1. The van der Waals surface area contributed by atoms with Gasteiger partial charge in [-0.15, -0.1) is 0 Å². The van der Waals surface area contributed by atoms with E-state index in [1.807, 2.05) is 0 Å². The predicted octanol–water partition coefficient (Wildman–Crippen LogP) is 0.619. The molecule has 0 aromatic heterocycles. The zero-order chi connectivity index (χ0) is 12.1. The van der Waals surface area contributed by atoms with E-state index in [1.54, 1.807) is 0 Å². The summed E-state index contributed by atoms with van der Waals surface area (Å²) in [4.78, 5) is 10.6. The van der Waals surface area contributed by atoms with Crippen LogP contribution in [0.5, 0.6) is 0 Å². The van der Waals surface area contributed by atoms with Crippen LogP contribution in [0.1, 0.15) is 20.3 Å². The highest BCUT2D eigenvalue weighted by molar-refractivity contribution is 5.80. The van der Waals surface area contributed by atoms with Gasteiger partial charge >= 0.3 is 5.97 Å². The molecule has 0 aromatic rings. The minimum Gasteiger partial charge on any atom is -0.480 e. The summed E-state index contributed by atoms with van der Waals surface area (Å²) in [7, 11) is 0. The lowest BCUT2D eigenvalue weighted by Crippen LogP contribution is -2.43. The molecule has 0 fully saturated rings. The second-order valence-electron chi connectivity index (χ2n) is 3.48. The van der Waals surface area contributed by atoms with Gasteiger partial charge in [-0.2, -0.15) is 0 Å². The van der Waals surface area contributed by atoms with Crippen molar-refractivity contribution in [1.29, 1.82) is 5.41 Å². The van der Waals surface area contributed by atoms with E-state index in [0.29, 0.717) is 0 Å². The number of nitrogens with two attached hydrogens (primary N) is 1. The van der Waals surface area contributed by atoms with E-state index in [4.69, 9.17) is 16.2 Å². The second kappa shape index (κ2) is 5.45. The average molecular weight is 217 g/mol. The predicted molar refractivity (Wildman–Crippen MR) is 55.4 cm³/mol. The lowest BCUT2D eigenvalue weighted by Gasteiger charge is -2.14. The highest BCUT2D eigenvalue weighted by Gasteiger charge is 2.25. The smallest absolute Gasteiger partial charge is 0.327 e. The van der Waals surface area contributed by atoms with Crippen molar-refractivity contribution in [3.05, 3.63) is 11.9 Å². The third kappa shape index (κ3) is 5.79. The molecule has 0 aliphatic rings. The Balaban J connectivity index is 4.20. The summed E-state index contributed by atoms with van der Waals surface area (Å²) in [6.07, 6.45) is 0.882. The van der Waals surface area contributed by atoms with Crippen LogP contribution < -0.4 is 11.1 Å². The number of carboxylic acid groups (broad SMARTS) is 1. The third-order valence-corrected chi connectivity index (χ3v) is 1.67. The Morgan fingerprint density at radius 2 is 2.27 bits per heavy atom. The van der Waals surface area contributed by atoms with E-state index < -0.39 is 17.3 Å². The van der Waals surface area contributed by atoms with Crippen molar-refractivity contribution in [2.24, 2.45) is 5.73 Å². The van der Waals surface area contributed by atoms with Gasteiger partial charge in [0.2, 0.25) is 0 Å². The zero-order valence-corrected chi connectivity index (χ0v) is 8.80. The summed E-state index contributed by atoms with van der Waals surface area (Å²) >= 11 is 0. The molecule has 1 atom stereocenters. The molecule has 0 saturated heterocycles. The van der Waals surface area contributed by atoms with Gasteiger partial charge < -0.3 is 16.2 Å². The van der Waals surface area contributed by atoms with Gasteiger partial charge in [-0.3, -0.25) is 5.41 Å². The summed E-state index contributed by atoms with van der Waals surface area (Å²) in [5, 5.41) is 18.2. The van der Waals surface area contributed by atoms with Crippen LogP contribution in [0.4, 0.5) is 4.39 Å². The molecule has 0 aliphatic heterocycles. The van der Waals surface area contributed by atoms with Crippen LogP contribution in [0, 0.1) is 5.41 Å². The van der Waals surface area contributed by atoms with Crippen molar-refractivity contribution in [1.82, 2.24) is 5.32 Å². The van der Waals surface area contributed by atoms with E-state index in [9.17, 15) is 9.18 Å². The van der Waals surface area contributed by atoms with Crippen LogP contribution in [0.15, 0.2) is 11.9 Å². The molecule has 0 aromatic carbocycles. The Labute approximate surface area is 87.7 Å². The first-order valence-electron chi connectivity index (χ1n) is 4.44. The Morgan fingerprint density at radius 3 is 2.67 bits per heavy atom. The van der Waals surface area contributed by atoms with Gasteiger partial charge in [0.05, 0.1) is 5.84 Å². The van der Waals surface area contributed by atoms with E-state index >= 15 is 0 Å². The van der Waals surface area contributed by atoms with Gasteiger partial charge in [0.25, 0.3) is 0 Å². The molecule has 0 unspecified atom stereocenters. The average Bonchev–Trinajstić information content (AvgIpc) is 2.01. The number of amidine groups is 1. The van der Waals surface area contributed by atoms with Gasteiger partial charge in [0, 0.05) is 13.0 Å². The molecule has 0 bridgehead atoms. The van der Waals surface area contributed by atoms with Crippen molar-refractivity contribution in [3.8, 4) is 0 Å². The molecule has 15 heavy (non-hydrogen) atoms. The van der Waals surface area contributed by atoms with Crippen LogP contribution in [-0.2, 0) is 4.79 Å². The Kier molecular flexibility index (Phi) is 4.93. The molecule has 5 nitrogen and oxygen atoms in total. The zero-order valence-electron chi connectivity index (χ0n) is 8.80. The van der Waals surface area contributed by atoms with Crippen LogP contribution >= 0.6 is 0 Å². The Bertz CT molecular complexity index is 287. The first kappa shape index (κ1) is 13.6. The number of rotatable bonds is 5. The summed E-state index contributed by atoms with van der Waals surface area (Å²) in [6, 6.07) is 0. The number of aliphatic carboxylic acids is 1. The number of carboxylic acids is 1. The molecule has 6 heteroatoms. The van der Waals surface area contributed by atoms with Crippen LogP contribution in [0.2, 0.25) is 0 Å². The van der Waals surface area contributed by atoms with Crippen molar-refractivity contribution >= 4 is 11.8 Å². The largest absolute Gasteiger partial charge is 0.480 e. The summed E-state index contributed by atoms with van der Waals surface area (Å²) < 4.78 is 13.1. The van der Waals surface area contributed by atoms with Gasteiger partial charge in [0.1, 0.15) is 11.4 Å². The quantitative estimate of drug-likeness (QED) is 0.400. The SMILES string of the molecule is CC(=N)NCC/C(F)=C/[C@](C)(N)C(=O)O. The number of hydrogen-bond donors (Lipinski definition) is 4. The first-order valence-corrected chi connectivity index (χ1v) is 4.44. The summed E-state index contributed by atoms with van der Waals surface area (Å²) in [5.74, 6) is -1.65. The van der Waals surface area contributed by atoms with Crippen molar-refractivity contribution in [3.63, 3.8) is 0 Å². The molecule has 0 rings (SSSR count). The number of carbonyl (C=O) groups is 1. The van der Waals surface area contributed by atoms with E-state index in [0.717, 1.165) is 6.08 Å². The molecule has 0 heterocycles. The molecule has 5 N–H and O–H groups in total. The standard InChI is InChI=1S/C9H16FN3O2/c1-6(11)13-4-3-7(10)5-9(2,12)8(14)15/h5H,3-4,12H2,1-2H3,(H2,11,13)(H,14,15)/b7-5-/t9-/m0/s1. The fourth-order valence-electron chi connectivity index (χ4n) is 0.829. The Hall–Kier alpha value is -1.43. The third-order valence-electron chi connectivity index (χ3n) is 1.67. The molecule has 86 valence electrons. The van der Waals surface area contributed by atoms with Gasteiger partial charge in [-0.25, -0.2) is 9.18 Å². The van der Waals surface area contributed by atoms with Gasteiger partial charge in [-0.05, 0) is 19.9 Å². The fraction of sp³-hybridized carbons (Fsp3) is 0.556. The number of halogens is 1. The number of nitrogens with one attached hydrogen (secondary N) is 2. The maximum atomic E-state index is 13.1. The summed E-state index contributed by atoms with van der Waals surface area (Å²) in [5.41, 5.74) is 3.62. The van der Waals surface area contributed by atoms with Crippen LogP contribution in [0.3, 0.4) is 0 Å². The normalized spacial score (nSPS) is 15.6. The van der Waals surface area contributed by atoms with Gasteiger partial charge in [0.15, 0.2) is 0 Å². The van der Waals surface area contributed by atoms with Crippen LogP contribution in [-0.4, -0.2) is 29.0 Å². The molecular weight excluding hydrogens is 201 g/mol. The molecule has 0 saturated carbocycles. The van der Waals surface area contributed by atoms with Gasteiger partial charge in [-0.1, -0.05) is 0 Å². The van der Waals surface area contributed by atoms with E-state index in [1.165, 1.54) is 13.8 Å². The van der Waals surface area contributed by atoms with E-state index in [-0.39, 0.29) is 18.8 Å². The number of hydrogen-bond acceptors (Lipinski definition) is 3. The second-order valence-corrected chi connectivity index (χ2v) is 3.48. The Morgan fingerprint density at radius 1 is 1.73 bits per heavy atom. The van der Waals surface area contributed by atoms with Crippen molar-refractivity contribution in [2.75, 3.05) is 6.54 Å². The monoisotopic (exact) mass is 217 g/mol. The first-order chi connectivity index (χ1) is 6.75. The molecular formula is C9H16FN3O2. The minimum absolute atomic E-state index is 0.0102. The van der Waals surface area contributed by atoms with E-state index in [2.05, 4.69) is 5.32 Å². The molecule has 0 radical (unpaired) electrons. The summed E-state index contributed by atoms with van der Waals surface area (Å²) in [6.45, 7) is 2.99. The maximum Gasteiger partial charge on any atom is 0.327 e. The lowest BCUT2D eigenvalue weighted by atomic mass is 10.0. The molecule has 0 aliphatic carbocycles. The topological polar surface area (TPSA) is 99.2 Å². The highest BCUT2D eigenvalue weighted by atomic mass is 19.1. The minimum atomic E-state index is -1.69.